The number of nitro groups is 1. The Morgan fingerprint density at radius 3 is 2.62 bits per heavy atom. The number of carbonyl (C=O) groups is 2. The molecule has 148 valence electrons. The van der Waals surface area contributed by atoms with E-state index in [0.717, 1.165) is 17.4 Å². The predicted molar refractivity (Wildman–Crippen MR) is 112 cm³/mol. The number of aromatic nitrogens is 2. The van der Waals surface area contributed by atoms with Crippen molar-refractivity contribution in [1.82, 2.24) is 10.2 Å². The number of para-hydroxylation sites is 1. The van der Waals surface area contributed by atoms with E-state index in [0.29, 0.717) is 10.0 Å². The fourth-order valence-electron chi connectivity index (χ4n) is 2.13. The molecule has 0 radical (unpaired) electrons. The molecule has 12 heteroatoms. The molecule has 9 nitrogen and oxygen atoms in total. The highest BCUT2D eigenvalue weighted by Crippen LogP contribution is 2.28. The first-order valence-electron chi connectivity index (χ1n) is 7.99. The Morgan fingerprint density at radius 1 is 1.14 bits per heavy atom. The van der Waals surface area contributed by atoms with Crippen molar-refractivity contribution >= 4 is 63.0 Å². The molecule has 3 aromatic rings. The second-order valence-electron chi connectivity index (χ2n) is 5.45. The van der Waals surface area contributed by atoms with Gasteiger partial charge in [0.1, 0.15) is 5.02 Å². The van der Waals surface area contributed by atoms with Gasteiger partial charge < -0.3 is 5.32 Å². The van der Waals surface area contributed by atoms with E-state index in [1.54, 1.807) is 12.1 Å². The van der Waals surface area contributed by atoms with Gasteiger partial charge in [0.2, 0.25) is 11.0 Å². The van der Waals surface area contributed by atoms with Crippen LogP contribution in [0.5, 0.6) is 0 Å². The lowest BCUT2D eigenvalue weighted by atomic mass is 10.2. The lowest BCUT2D eigenvalue weighted by molar-refractivity contribution is -0.384. The topological polar surface area (TPSA) is 127 Å². The van der Waals surface area contributed by atoms with Crippen LogP contribution in [0.15, 0.2) is 52.9 Å². The second-order valence-corrected chi connectivity index (χ2v) is 8.06. The van der Waals surface area contributed by atoms with E-state index < -0.39 is 10.8 Å². The van der Waals surface area contributed by atoms with Gasteiger partial charge in [0.25, 0.3) is 11.6 Å². The van der Waals surface area contributed by atoms with Crippen molar-refractivity contribution in [3.8, 4) is 0 Å². The Hall–Kier alpha value is -3.02. The summed E-state index contributed by atoms with van der Waals surface area (Å²) in [6.45, 7) is 0. The molecule has 0 unspecified atom stereocenters. The molecule has 0 bridgehead atoms. The van der Waals surface area contributed by atoms with Crippen molar-refractivity contribution in [3.05, 3.63) is 69.2 Å². The van der Waals surface area contributed by atoms with Crippen LogP contribution in [0.25, 0.3) is 0 Å². The first kappa shape index (κ1) is 20.7. The van der Waals surface area contributed by atoms with Crippen molar-refractivity contribution in [1.29, 1.82) is 0 Å². The number of anilines is 2. The third-order valence-electron chi connectivity index (χ3n) is 3.42. The van der Waals surface area contributed by atoms with E-state index >= 15 is 0 Å². The number of amides is 2. The summed E-state index contributed by atoms with van der Waals surface area (Å²) < 4.78 is 0.491. The van der Waals surface area contributed by atoms with E-state index in [2.05, 4.69) is 20.8 Å². The Balaban J connectivity index is 1.56. The highest BCUT2D eigenvalue weighted by Gasteiger charge is 2.17. The van der Waals surface area contributed by atoms with Crippen LogP contribution in [-0.4, -0.2) is 32.7 Å². The first-order chi connectivity index (χ1) is 13.9. The summed E-state index contributed by atoms with van der Waals surface area (Å²) in [4.78, 5) is 34.5. The molecule has 0 aliphatic rings. The maximum Gasteiger partial charge on any atom is 0.288 e. The second kappa shape index (κ2) is 9.45. The number of benzene rings is 2. The third-order valence-corrected chi connectivity index (χ3v) is 5.71. The van der Waals surface area contributed by atoms with Crippen LogP contribution in [-0.2, 0) is 4.79 Å². The summed E-state index contributed by atoms with van der Waals surface area (Å²) in [6, 6.07) is 12.8. The number of thioether (sulfide) groups is 1. The lowest BCUT2D eigenvalue weighted by Crippen LogP contribution is -2.13. The maximum atomic E-state index is 12.3. The number of nitro benzene ring substituents is 1. The molecule has 0 fully saturated rings. The quantitative estimate of drug-likeness (QED) is 0.240. The smallest absolute Gasteiger partial charge is 0.288 e. The predicted octanol–water partition coefficient (Wildman–Crippen LogP) is 4.08. The van der Waals surface area contributed by atoms with E-state index in [-0.39, 0.29) is 33.1 Å². The number of nitrogens with zero attached hydrogens (tertiary/aromatic N) is 3. The van der Waals surface area contributed by atoms with Crippen molar-refractivity contribution in [2.45, 2.75) is 4.34 Å². The molecule has 0 spiro atoms. The van der Waals surface area contributed by atoms with Crippen LogP contribution in [0.1, 0.15) is 10.4 Å². The zero-order valence-electron chi connectivity index (χ0n) is 14.5. The summed E-state index contributed by atoms with van der Waals surface area (Å²) in [5, 5.41) is 24.1. The van der Waals surface area contributed by atoms with Crippen molar-refractivity contribution < 1.29 is 14.5 Å². The highest BCUT2D eigenvalue weighted by molar-refractivity contribution is 8.01. The molecule has 1 aromatic heterocycles. The van der Waals surface area contributed by atoms with Gasteiger partial charge in [-0.3, -0.25) is 25.0 Å². The highest BCUT2D eigenvalue weighted by atomic mass is 35.5. The summed E-state index contributed by atoms with van der Waals surface area (Å²) in [5.41, 5.74) is 0.394. The number of halogens is 1. The van der Waals surface area contributed by atoms with Gasteiger partial charge in [0.05, 0.1) is 10.7 Å². The third kappa shape index (κ3) is 5.73. The van der Waals surface area contributed by atoms with E-state index in [4.69, 9.17) is 11.6 Å². The Labute approximate surface area is 177 Å². The summed E-state index contributed by atoms with van der Waals surface area (Å²) in [6.07, 6.45) is 0. The largest absolute Gasteiger partial charge is 0.325 e. The average Bonchev–Trinajstić information content (AvgIpc) is 3.14. The van der Waals surface area contributed by atoms with Crippen LogP contribution in [0.2, 0.25) is 5.02 Å². The molecular formula is C17H12ClN5O4S2. The van der Waals surface area contributed by atoms with Crippen LogP contribution in [0, 0.1) is 10.1 Å². The summed E-state index contributed by atoms with van der Waals surface area (Å²) in [5.74, 6) is -0.657. The van der Waals surface area contributed by atoms with E-state index in [1.165, 1.54) is 23.9 Å². The molecule has 2 N–H and O–H groups in total. The first-order valence-corrected chi connectivity index (χ1v) is 10.2. The van der Waals surface area contributed by atoms with Crippen LogP contribution in [0.4, 0.5) is 16.5 Å². The minimum atomic E-state index is -0.667. The molecule has 29 heavy (non-hydrogen) atoms. The zero-order chi connectivity index (χ0) is 20.8. The number of hydrogen-bond acceptors (Lipinski definition) is 8. The molecule has 0 aliphatic carbocycles. The molecule has 2 aromatic carbocycles. The number of carbonyl (C=O) groups excluding carboxylic acids is 2. The van der Waals surface area contributed by atoms with Crippen molar-refractivity contribution in [3.63, 3.8) is 0 Å². The standard InChI is InChI=1S/C17H12ClN5O4S2/c18-12-7-6-10(8-13(12)23(26)27)15(25)20-16-21-22-17(29-16)28-9-14(24)19-11-4-2-1-3-5-11/h1-8H,9H2,(H,19,24)(H,20,21,25). The van der Waals surface area contributed by atoms with Gasteiger partial charge >= 0.3 is 0 Å². The number of rotatable bonds is 7. The van der Waals surface area contributed by atoms with Crippen LogP contribution in [0.3, 0.4) is 0 Å². The molecule has 3 rings (SSSR count). The fraction of sp³-hybridized carbons (Fsp3) is 0.0588. The molecule has 0 saturated heterocycles. The Bertz CT molecular complexity index is 1060. The Kier molecular flexibility index (Phi) is 6.75. The van der Waals surface area contributed by atoms with Crippen LogP contribution < -0.4 is 10.6 Å². The summed E-state index contributed by atoms with van der Waals surface area (Å²) >= 11 is 8.00. The molecule has 1 heterocycles. The monoisotopic (exact) mass is 449 g/mol. The van der Waals surface area contributed by atoms with Gasteiger partial charge in [0.15, 0.2) is 4.34 Å². The van der Waals surface area contributed by atoms with E-state index in [9.17, 15) is 19.7 Å². The number of hydrogen-bond donors (Lipinski definition) is 2. The normalized spacial score (nSPS) is 10.4. The van der Waals surface area contributed by atoms with Gasteiger partial charge in [0, 0.05) is 17.3 Å². The lowest BCUT2D eigenvalue weighted by Gasteiger charge is -2.03. The molecule has 0 aliphatic heterocycles. The van der Waals surface area contributed by atoms with Gasteiger partial charge in [-0.1, -0.05) is 52.9 Å². The zero-order valence-corrected chi connectivity index (χ0v) is 16.9. The Morgan fingerprint density at radius 2 is 1.90 bits per heavy atom. The molecular weight excluding hydrogens is 438 g/mol. The fourth-order valence-corrected chi connectivity index (χ4v) is 3.86. The molecule has 0 saturated carbocycles. The van der Waals surface area contributed by atoms with Gasteiger partial charge in [-0.05, 0) is 24.3 Å². The SMILES string of the molecule is O=C(CSc1nnc(NC(=O)c2ccc(Cl)c([N+](=O)[O-])c2)s1)Nc1ccccc1. The van der Waals surface area contributed by atoms with Gasteiger partial charge in [-0.25, -0.2) is 0 Å². The van der Waals surface area contributed by atoms with Crippen LogP contribution >= 0.6 is 34.7 Å². The van der Waals surface area contributed by atoms with Crippen molar-refractivity contribution in [2.75, 3.05) is 16.4 Å². The minimum Gasteiger partial charge on any atom is -0.325 e. The maximum absolute atomic E-state index is 12.3. The van der Waals surface area contributed by atoms with Gasteiger partial charge in [-0.15, -0.1) is 10.2 Å². The van der Waals surface area contributed by atoms with Crippen molar-refractivity contribution in [2.24, 2.45) is 0 Å². The molecule has 2 amide bonds. The average molecular weight is 450 g/mol. The summed E-state index contributed by atoms with van der Waals surface area (Å²) in [7, 11) is 0. The number of nitrogens with one attached hydrogen (secondary N) is 2. The van der Waals surface area contributed by atoms with E-state index in [1.807, 2.05) is 18.2 Å². The molecule has 0 atom stereocenters. The minimum absolute atomic E-state index is 0.0602. The van der Waals surface area contributed by atoms with Gasteiger partial charge in [-0.2, -0.15) is 0 Å².